The third-order valence-corrected chi connectivity index (χ3v) is 6.50. The molecule has 1 aliphatic rings. The summed E-state index contributed by atoms with van der Waals surface area (Å²) in [6.45, 7) is 0.656. The lowest BCUT2D eigenvalue weighted by atomic mass is 9.95. The number of nitrogens with one attached hydrogen (secondary N) is 3. The monoisotopic (exact) mass is 522 g/mol. The van der Waals surface area contributed by atoms with Crippen molar-refractivity contribution in [3.63, 3.8) is 0 Å². The number of hydrogen-bond acceptors (Lipinski definition) is 4. The van der Waals surface area contributed by atoms with Gasteiger partial charge in [0.2, 0.25) is 0 Å². The maximum atomic E-state index is 13.4. The maximum Gasteiger partial charge on any atom is 0.271 e. The second-order valence-corrected chi connectivity index (χ2v) is 9.31. The molecule has 1 saturated carbocycles. The second kappa shape index (κ2) is 11.8. The zero-order chi connectivity index (χ0) is 23.8. The molecule has 0 spiro atoms. The molecule has 0 bridgehead atoms. The van der Waals surface area contributed by atoms with E-state index in [1.165, 1.54) is 31.5 Å². The summed E-state index contributed by atoms with van der Waals surface area (Å²) in [6.07, 6.45) is 7.59. The fourth-order valence-corrected chi connectivity index (χ4v) is 4.44. The molecule has 0 heterocycles. The van der Waals surface area contributed by atoms with Crippen LogP contribution in [0.25, 0.3) is 0 Å². The van der Waals surface area contributed by atoms with Gasteiger partial charge in [0.25, 0.3) is 5.91 Å². The van der Waals surface area contributed by atoms with E-state index in [2.05, 4.69) is 49.2 Å². The SMILES string of the molecule is O=C(N/N=C/c1ccc(F)c(Br)c1)c1ccc(NC2CCCCC2)c(NCc2ccccc2)c1. The molecule has 1 fully saturated rings. The third kappa shape index (κ3) is 6.67. The van der Waals surface area contributed by atoms with E-state index in [-0.39, 0.29) is 11.7 Å². The minimum absolute atomic E-state index is 0.315. The molecule has 3 aromatic carbocycles. The summed E-state index contributed by atoms with van der Waals surface area (Å²) in [5.74, 6) is -0.664. The first-order valence-electron chi connectivity index (χ1n) is 11.6. The zero-order valence-electron chi connectivity index (χ0n) is 18.9. The Labute approximate surface area is 208 Å². The Bertz CT molecular complexity index is 1150. The molecule has 1 aliphatic carbocycles. The fraction of sp³-hybridized carbons (Fsp3) is 0.259. The van der Waals surface area contributed by atoms with E-state index in [0.717, 1.165) is 29.8 Å². The Morgan fingerprint density at radius 1 is 1.00 bits per heavy atom. The van der Waals surface area contributed by atoms with Crippen molar-refractivity contribution in [2.24, 2.45) is 5.10 Å². The minimum Gasteiger partial charge on any atom is -0.381 e. The number of rotatable bonds is 8. The van der Waals surface area contributed by atoms with Crippen LogP contribution in [0.1, 0.15) is 53.6 Å². The van der Waals surface area contributed by atoms with Gasteiger partial charge in [0, 0.05) is 18.2 Å². The first kappa shape index (κ1) is 24.0. The van der Waals surface area contributed by atoms with Crippen LogP contribution in [0.5, 0.6) is 0 Å². The zero-order valence-corrected chi connectivity index (χ0v) is 20.4. The predicted octanol–water partition coefficient (Wildman–Crippen LogP) is 6.71. The van der Waals surface area contributed by atoms with E-state index >= 15 is 0 Å². The quantitative estimate of drug-likeness (QED) is 0.227. The van der Waals surface area contributed by atoms with E-state index in [9.17, 15) is 9.18 Å². The molecule has 1 amide bonds. The lowest BCUT2D eigenvalue weighted by Gasteiger charge is -2.25. The number of carbonyl (C=O) groups is 1. The molecular formula is C27H28BrFN4O. The van der Waals surface area contributed by atoms with Gasteiger partial charge in [0.05, 0.1) is 22.1 Å². The van der Waals surface area contributed by atoms with Crippen molar-refractivity contribution in [1.29, 1.82) is 0 Å². The van der Waals surface area contributed by atoms with Gasteiger partial charge in [0.1, 0.15) is 5.82 Å². The summed E-state index contributed by atoms with van der Waals surface area (Å²) in [7, 11) is 0. The Kier molecular flexibility index (Phi) is 8.31. The van der Waals surface area contributed by atoms with Gasteiger partial charge in [-0.3, -0.25) is 4.79 Å². The summed E-state index contributed by atoms with van der Waals surface area (Å²) < 4.78 is 13.7. The summed E-state index contributed by atoms with van der Waals surface area (Å²) >= 11 is 3.15. The molecule has 3 aromatic rings. The van der Waals surface area contributed by atoms with Gasteiger partial charge in [-0.2, -0.15) is 5.10 Å². The van der Waals surface area contributed by atoms with Gasteiger partial charge < -0.3 is 10.6 Å². The fourth-order valence-electron chi connectivity index (χ4n) is 4.04. The van der Waals surface area contributed by atoms with E-state index in [1.807, 2.05) is 30.3 Å². The molecule has 176 valence electrons. The Morgan fingerprint density at radius 3 is 2.56 bits per heavy atom. The van der Waals surface area contributed by atoms with E-state index in [0.29, 0.717) is 28.2 Å². The lowest BCUT2D eigenvalue weighted by Crippen LogP contribution is -2.23. The molecule has 3 N–H and O–H groups in total. The van der Waals surface area contributed by atoms with Gasteiger partial charge in [-0.25, -0.2) is 9.82 Å². The highest BCUT2D eigenvalue weighted by atomic mass is 79.9. The normalized spacial score (nSPS) is 14.2. The largest absolute Gasteiger partial charge is 0.381 e. The Hall–Kier alpha value is -3.19. The van der Waals surface area contributed by atoms with Gasteiger partial charge in [-0.1, -0.05) is 55.7 Å². The van der Waals surface area contributed by atoms with Crippen molar-refractivity contribution in [1.82, 2.24) is 5.43 Å². The van der Waals surface area contributed by atoms with Crippen molar-refractivity contribution >= 4 is 39.4 Å². The van der Waals surface area contributed by atoms with Gasteiger partial charge in [-0.15, -0.1) is 0 Å². The number of amides is 1. The number of hydrogen-bond donors (Lipinski definition) is 3. The van der Waals surface area contributed by atoms with Crippen LogP contribution < -0.4 is 16.1 Å². The molecule has 7 heteroatoms. The number of halogens is 2. The first-order chi connectivity index (χ1) is 16.6. The molecular weight excluding hydrogens is 495 g/mol. The van der Waals surface area contributed by atoms with Crippen LogP contribution in [0.3, 0.4) is 0 Å². The molecule has 0 aliphatic heterocycles. The molecule has 4 rings (SSSR count). The van der Waals surface area contributed by atoms with Crippen LogP contribution in [0, 0.1) is 5.82 Å². The van der Waals surface area contributed by atoms with Crippen molar-refractivity contribution in [3.8, 4) is 0 Å². The molecule has 34 heavy (non-hydrogen) atoms. The maximum absolute atomic E-state index is 13.4. The van der Waals surface area contributed by atoms with Crippen molar-refractivity contribution < 1.29 is 9.18 Å². The average molecular weight is 523 g/mol. The molecule has 0 atom stereocenters. The van der Waals surface area contributed by atoms with Crippen LogP contribution >= 0.6 is 15.9 Å². The van der Waals surface area contributed by atoms with Crippen molar-refractivity contribution in [3.05, 3.63) is 93.7 Å². The third-order valence-electron chi connectivity index (χ3n) is 5.90. The summed E-state index contributed by atoms with van der Waals surface area (Å²) in [5.41, 5.74) is 6.78. The highest BCUT2D eigenvalue weighted by Crippen LogP contribution is 2.28. The van der Waals surface area contributed by atoms with E-state index in [4.69, 9.17) is 0 Å². The number of carbonyl (C=O) groups excluding carboxylic acids is 1. The smallest absolute Gasteiger partial charge is 0.271 e. The molecule has 0 unspecified atom stereocenters. The predicted molar refractivity (Wildman–Crippen MR) is 140 cm³/mol. The van der Waals surface area contributed by atoms with E-state index < -0.39 is 0 Å². The average Bonchev–Trinajstić information content (AvgIpc) is 2.87. The van der Waals surface area contributed by atoms with Crippen LogP contribution in [0.2, 0.25) is 0 Å². The van der Waals surface area contributed by atoms with Crippen LogP contribution in [-0.2, 0) is 6.54 Å². The summed E-state index contributed by atoms with van der Waals surface area (Å²) in [6, 6.07) is 20.8. The second-order valence-electron chi connectivity index (χ2n) is 8.45. The van der Waals surface area contributed by atoms with Crippen LogP contribution in [0.15, 0.2) is 76.3 Å². The summed E-state index contributed by atoms with van der Waals surface area (Å²) in [4.78, 5) is 12.7. The van der Waals surface area contributed by atoms with Crippen molar-refractivity contribution in [2.75, 3.05) is 10.6 Å². The minimum atomic E-state index is -0.348. The standard InChI is InChI=1S/C27H28BrFN4O/c28-23-15-20(11-13-24(23)29)18-31-33-27(34)21-12-14-25(32-22-9-5-2-6-10-22)26(16-21)30-17-19-7-3-1-4-8-19/h1,3-4,7-8,11-16,18,22,30,32H,2,5-6,9-10,17H2,(H,33,34)/b31-18+. The highest BCUT2D eigenvalue weighted by Gasteiger charge is 2.16. The van der Waals surface area contributed by atoms with Gasteiger partial charge >= 0.3 is 0 Å². The Morgan fingerprint density at radius 2 is 1.79 bits per heavy atom. The number of benzene rings is 3. The summed E-state index contributed by atoms with van der Waals surface area (Å²) in [5, 5.41) is 11.2. The van der Waals surface area contributed by atoms with Gasteiger partial charge in [-0.05, 0) is 70.2 Å². The molecule has 0 saturated heterocycles. The lowest BCUT2D eigenvalue weighted by molar-refractivity contribution is 0.0955. The van der Waals surface area contributed by atoms with Crippen LogP contribution in [0.4, 0.5) is 15.8 Å². The van der Waals surface area contributed by atoms with E-state index in [1.54, 1.807) is 18.2 Å². The number of nitrogens with zero attached hydrogens (tertiary/aromatic N) is 1. The number of anilines is 2. The topological polar surface area (TPSA) is 65.5 Å². The molecule has 5 nitrogen and oxygen atoms in total. The Balaban J connectivity index is 1.47. The molecule has 0 radical (unpaired) electrons. The van der Waals surface area contributed by atoms with Gasteiger partial charge in [0.15, 0.2) is 0 Å². The highest BCUT2D eigenvalue weighted by molar-refractivity contribution is 9.10. The number of hydrazone groups is 1. The van der Waals surface area contributed by atoms with Crippen molar-refractivity contribution in [2.45, 2.75) is 44.7 Å². The first-order valence-corrected chi connectivity index (χ1v) is 12.3. The van der Waals surface area contributed by atoms with Crippen LogP contribution in [-0.4, -0.2) is 18.2 Å². The molecule has 0 aromatic heterocycles.